The molecule has 2 rings (SSSR count). The van der Waals surface area contributed by atoms with Gasteiger partial charge in [-0.05, 0) is 29.8 Å². The summed E-state index contributed by atoms with van der Waals surface area (Å²) in [6, 6.07) is 11.2. The van der Waals surface area contributed by atoms with Gasteiger partial charge >= 0.3 is 0 Å². The van der Waals surface area contributed by atoms with Crippen LogP contribution < -0.4 is 22.5 Å². The summed E-state index contributed by atoms with van der Waals surface area (Å²) in [5.74, 6) is 0.651. The van der Waals surface area contributed by atoms with E-state index in [9.17, 15) is 5.11 Å². The molecule has 1 heterocycles. The number of pyridine rings is 1. The second kappa shape index (κ2) is 7.61. The van der Waals surface area contributed by atoms with Crippen molar-refractivity contribution in [3.8, 4) is 11.5 Å². The summed E-state index contributed by atoms with van der Waals surface area (Å²) >= 11 is 0. The number of rotatable bonds is 5. The summed E-state index contributed by atoms with van der Waals surface area (Å²) in [6.45, 7) is 1.41. The van der Waals surface area contributed by atoms with Crippen molar-refractivity contribution >= 4 is 0 Å². The van der Waals surface area contributed by atoms with Gasteiger partial charge in [0.2, 0.25) is 0 Å². The van der Waals surface area contributed by atoms with Crippen molar-refractivity contribution in [3.63, 3.8) is 0 Å². The number of phenols is 1. The highest BCUT2D eigenvalue weighted by Crippen LogP contribution is 2.26. The minimum absolute atomic E-state index is 0. The number of phenolic OH excluding ortho intramolecular Hbond substituents is 1. The molecule has 1 aromatic carbocycles. The molecule has 0 unspecified atom stereocenters. The van der Waals surface area contributed by atoms with Gasteiger partial charge in [-0.1, -0.05) is 12.1 Å². The summed E-state index contributed by atoms with van der Waals surface area (Å²) in [5, 5.41) is 12.8. The van der Waals surface area contributed by atoms with Crippen LogP contribution in [0.3, 0.4) is 0 Å². The minimum Gasteiger partial charge on any atom is -1.00 e. The SMILES string of the molecule is COc1cc(CNCc2ccccn2)ccc1O.[Cl-]. The molecule has 4 nitrogen and oxygen atoms in total. The number of benzene rings is 1. The Labute approximate surface area is 118 Å². The molecule has 0 fully saturated rings. The largest absolute Gasteiger partial charge is 1.00 e. The smallest absolute Gasteiger partial charge is 0.160 e. The Morgan fingerprint density at radius 2 is 2.05 bits per heavy atom. The fourth-order valence-electron chi connectivity index (χ4n) is 1.67. The van der Waals surface area contributed by atoms with Crippen molar-refractivity contribution in [1.82, 2.24) is 10.3 Å². The number of methoxy groups -OCH3 is 1. The quantitative estimate of drug-likeness (QED) is 0.744. The van der Waals surface area contributed by atoms with Crippen molar-refractivity contribution in [2.75, 3.05) is 7.11 Å². The third kappa shape index (κ3) is 4.43. The minimum atomic E-state index is 0. The number of aromatic nitrogens is 1. The van der Waals surface area contributed by atoms with Crippen molar-refractivity contribution in [2.24, 2.45) is 0 Å². The predicted molar refractivity (Wildman–Crippen MR) is 69.4 cm³/mol. The Balaban J connectivity index is 0.00000180. The van der Waals surface area contributed by atoms with Gasteiger partial charge < -0.3 is 27.6 Å². The highest BCUT2D eigenvalue weighted by Gasteiger charge is 2.02. The van der Waals surface area contributed by atoms with Crippen LogP contribution >= 0.6 is 0 Å². The Hall–Kier alpha value is -1.78. The van der Waals surface area contributed by atoms with Gasteiger partial charge in [0.05, 0.1) is 12.8 Å². The lowest BCUT2D eigenvalue weighted by Gasteiger charge is -2.07. The number of ether oxygens (including phenoxy) is 1. The van der Waals surface area contributed by atoms with Crippen molar-refractivity contribution in [2.45, 2.75) is 13.1 Å². The molecule has 5 heteroatoms. The Bertz CT molecular complexity index is 506. The zero-order valence-corrected chi connectivity index (χ0v) is 11.4. The van der Waals surface area contributed by atoms with Crippen LogP contribution in [0.2, 0.25) is 0 Å². The topological polar surface area (TPSA) is 54.4 Å². The third-order valence-electron chi connectivity index (χ3n) is 2.61. The van der Waals surface area contributed by atoms with E-state index < -0.39 is 0 Å². The fraction of sp³-hybridized carbons (Fsp3) is 0.214. The van der Waals surface area contributed by atoms with Gasteiger partial charge in [-0.3, -0.25) is 4.98 Å². The Morgan fingerprint density at radius 1 is 1.21 bits per heavy atom. The van der Waals surface area contributed by atoms with E-state index in [1.165, 1.54) is 0 Å². The predicted octanol–water partition coefficient (Wildman–Crippen LogP) is -0.910. The first-order valence-corrected chi connectivity index (χ1v) is 5.76. The zero-order chi connectivity index (χ0) is 12.8. The van der Waals surface area contributed by atoms with Crippen LogP contribution in [0.15, 0.2) is 42.6 Å². The third-order valence-corrected chi connectivity index (χ3v) is 2.61. The molecule has 0 aliphatic heterocycles. The van der Waals surface area contributed by atoms with E-state index in [0.717, 1.165) is 11.3 Å². The van der Waals surface area contributed by atoms with Crippen LogP contribution in [0.5, 0.6) is 11.5 Å². The van der Waals surface area contributed by atoms with Crippen LogP contribution in [0, 0.1) is 0 Å². The second-order valence-electron chi connectivity index (χ2n) is 3.93. The molecule has 0 saturated carbocycles. The summed E-state index contributed by atoms with van der Waals surface area (Å²) in [7, 11) is 1.54. The van der Waals surface area contributed by atoms with Crippen LogP contribution in [-0.2, 0) is 13.1 Å². The van der Waals surface area contributed by atoms with E-state index in [-0.39, 0.29) is 18.2 Å². The van der Waals surface area contributed by atoms with Gasteiger partial charge in [-0.2, -0.15) is 0 Å². The maximum absolute atomic E-state index is 9.48. The highest BCUT2D eigenvalue weighted by atomic mass is 35.5. The molecular formula is C14H16ClN2O2-. The first-order valence-electron chi connectivity index (χ1n) is 5.76. The number of aromatic hydroxyl groups is 1. The number of hydrogen-bond acceptors (Lipinski definition) is 4. The summed E-state index contributed by atoms with van der Waals surface area (Å²) in [4.78, 5) is 4.23. The average Bonchev–Trinajstić information content (AvgIpc) is 2.42. The molecule has 0 radical (unpaired) electrons. The van der Waals surface area contributed by atoms with E-state index in [1.54, 1.807) is 19.4 Å². The average molecular weight is 280 g/mol. The van der Waals surface area contributed by atoms with E-state index in [1.807, 2.05) is 30.3 Å². The van der Waals surface area contributed by atoms with Gasteiger partial charge in [0.1, 0.15) is 0 Å². The summed E-state index contributed by atoms with van der Waals surface area (Å²) in [6.07, 6.45) is 1.78. The lowest BCUT2D eigenvalue weighted by molar-refractivity contribution is -0.00000497. The normalized spacial score (nSPS) is 9.74. The Morgan fingerprint density at radius 3 is 2.74 bits per heavy atom. The maximum atomic E-state index is 9.48. The first kappa shape index (κ1) is 15.3. The molecule has 1 aromatic heterocycles. The van der Waals surface area contributed by atoms with Crippen molar-refractivity contribution in [3.05, 3.63) is 53.9 Å². The number of nitrogens with zero attached hydrogens (tertiary/aromatic N) is 1. The lowest BCUT2D eigenvalue weighted by Crippen LogP contribution is -3.00. The molecule has 0 aliphatic carbocycles. The Kier molecular flexibility index (Phi) is 6.12. The maximum Gasteiger partial charge on any atom is 0.160 e. The first-order chi connectivity index (χ1) is 8.79. The van der Waals surface area contributed by atoms with Crippen LogP contribution in [0.25, 0.3) is 0 Å². The van der Waals surface area contributed by atoms with E-state index in [2.05, 4.69) is 10.3 Å². The molecule has 0 aliphatic rings. The molecule has 2 N–H and O–H groups in total. The summed E-state index contributed by atoms with van der Waals surface area (Å²) in [5.41, 5.74) is 2.06. The van der Waals surface area contributed by atoms with E-state index in [4.69, 9.17) is 4.74 Å². The van der Waals surface area contributed by atoms with Crippen LogP contribution in [0.4, 0.5) is 0 Å². The molecule has 0 spiro atoms. The molecule has 2 aromatic rings. The van der Waals surface area contributed by atoms with Gasteiger partial charge in [-0.15, -0.1) is 0 Å². The van der Waals surface area contributed by atoms with Gasteiger partial charge in [0.25, 0.3) is 0 Å². The lowest BCUT2D eigenvalue weighted by atomic mass is 10.2. The van der Waals surface area contributed by atoms with Crippen LogP contribution in [0.1, 0.15) is 11.3 Å². The monoisotopic (exact) mass is 279 g/mol. The van der Waals surface area contributed by atoms with Crippen molar-refractivity contribution in [1.29, 1.82) is 0 Å². The van der Waals surface area contributed by atoms with E-state index in [0.29, 0.717) is 18.8 Å². The molecular weight excluding hydrogens is 264 g/mol. The van der Waals surface area contributed by atoms with Gasteiger partial charge in [0.15, 0.2) is 11.5 Å². The number of halogens is 1. The molecule has 0 saturated heterocycles. The van der Waals surface area contributed by atoms with Gasteiger partial charge in [0, 0.05) is 19.3 Å². The number of nitrogens with one attached hydrogen (secondary N) is 1. The molecule has 0 atom stereocenters. The molecule has 102 valence electrons. The van der Waals surface area contributed by atoms with Crippen molar-refractivity contribution < 1.29 is 22.3 Å². The molecule has 19 heavy (non-hydrogen) atoms. The summed E-state index contributed by atoms with van der Waals surface area (Å²) < 4.78 is 5.06. The number of hydrogen-bond donors (Lipinski definition) is 2. The molecule has 0 amide bonds. The van der Waals surface area contributed by atoms with E-state index >= 15 is 0 Å². The van der Waals surface area contributed by atoms with Crippen LogP contribution in [-0.4, -0.2) is 17.2 Å². The molecule has 0 bridgehead atoms. The zero-order valence-electron chi connectivity index (χ0n) is 10.6. The fourth-order valence-corrected chi connectivity index (χ4v) is 1.67. The second-order valence-corrected chi connectivity index (χ2v) is 3.93. The van der Waals surface area contributed by atoms with Gasteiger partial charge in [-0.25, -0.2) is 0 Å². The standard InChI is InChI=1S/C14H16N2O2.ClH/c1-18-14-8-11(5-6-13(14)17)9-15-10-12-4-2-3-7-16-12;/h2-8,15,17H,9-10H2,1H3;1H/p-1. The highest BCUT2D eigenvalue weighted by molar-refractivity contribution is 5.41.